The van der Waals surface area contributed by atoms with Gasteiger partial charge in [0.05, 0.1) is 0 Å². The number of hydrogen-bond acceptors (Lipinski definition) is 2. The summed E-state index contributed by atoms with van der Waals surface area (Å²) >= 11 is 0. The Hall–Kier alpha value is -0.770. The first kappa shape index (κ1) is 12.3. The van der Waals surface area contributed by atoms with Crippen LogP contribution in [-0.2, 0) is 0 Å². The predicted octanol–water partition coefficient (Wildman–Crippen LogP) is 1.08. The summed E-state index contributed by atoms with van der Waals surface area (Å²) in [6.07, 6.45) is 0. The third-order valence-electron chi connectivity index (χ3n) is 3.02. The molecule has 1 aliphatic rings. The van der Waals surface area contributed by atoms with E-state index in [4.69, 9.17) is 0 Å². The average Bonchev–Trinajstić information content (AvgIpc) is 2.16. The topological polar surface area (TPSA) is 26.8 Å². The van der Waals surface area contributed by atoms with Crippen LogP contribution >= 0.6 is 0 Å². The lowest BCUT2D eigenvalue weighted by Gasteiger charge is -2.42. The Labute approximate surface area is 92.8 Å². The van der Waals surface area contributed by atoms with E-state index in [-0.39, 0.29) is 6.03 Å². The molecule has 4 heteroatoms. The molecule has 0 aliphatic carbocycles. The number of amides is 2. The SMILES string of the molecule is CC(C)N1CCN(C(=O)N(C)C)[C@H](C)C1. The molecule has 1 atom stereocenters. The number of carbonyl (C=O) groups is 1. The molecule has 0 spiro atoms. The first-order chi connectivity index (χ1) is 6.93. The van der Waals surface area contributed by atoms with Gasteiger partial charge in [0.1, 0.15) is 0 Å². The monoisotopic (exact) mass is 213 g/mol. The minimum absolute atomic E-state index is 0.130. The van der Waals surface area contributed by atoms with E-state index < -0.39 is 0 Å². The quantitative estimate of drug-likeness (QED) is 0.652. The van der Waals surface area contributed by atoms with Crippen LogP contribution in [0.15, 0.2) is 0 Å². The third kappa shape index (κ3) is 2.84. The Kier molecular flexibility index (Phi) is 3.97. The summed E-state index contributed by atoms with van der Waals surface area (Å²) < 4.78 is 0. The zero-order valence-corrected chi connectivity index (χ0v) is 10.5. The maximum atomic E-state index is 11.8. The van der Waals surface area contributed by atoms with Crippen LogP contribution in [-0.4, -0.2) is 66.5 Å². The largest absolute Gasteiger partial charge is 0.331 e. The van der Waals surface area contributed by atoms with Gasteiger partial charge in [-0.2, -0.15) is 0 Å². The summed E-state index contributed by atoms with van der Waals surface area (Å²) in [4.78, 5) is 17.9. The highest BCUT2D eigenvalue weighted by molar-refractivity contribution is 5.74. The Bertz CT molecular complexity index is 228. The molecule has 0 saturated carbocycles. The van der Waals surface area contributed by atoms with Crippen LogP contribution < -0.4 is 0 Å². The normalized spacial score (nSPS) is 23.3. The van der Waals surface area contributed by atoms with Crippen molar-refractivity contribution in [2.75, 3.05) is 33.7 Å². The van der Waals surface area contributed by atoms with Gasteiger partial charge >= 0.3 is 6.03 Å². The van der Waals surface area contributed by atoms with E-state index in [1.807, 2.05) is 19.0 Å². The molecule has 4 nitrogen and oxygen atoms in total. The number of piperazine rings is 1. The van der Waals surface area contributed by atoms with Crippen molar-refractivity contribution in [2.45, 2.75) is 32.9 Å². The highest BCUT2D eigenvalue weighted by atomic mass is 16.2. The molecular formula is C11H23N3O. The van der Waals surface area contributed by atoms with Gasteiger partial charge < -0.3 is 9.80 Å². The minimum atomic E-state index is 0.130. The van der Waals surface area contributed by atoms with Gasteiger partial charge in [-0.05, 0) is 20.8 Å². The molecule has 0 aromatic carbocycles. The Morgan fingerprint density at radius 1 is 1.33 bits per heavy atom. The fraction of sp³-hybridized carbons (Fsp3) is 0.909. The molecule has 88 valence electrons. The van der Waals surface area contributed by atoms with Crippen LogP contribution in [0.1, 0.15) is 20.8 Å². The van der Waals surface area contributed by atoms with Crippen molar-refractivity contribution >= 4 is 6.03 Å². The molecule has 1 rings (SSSR count). The van der Waals surface area contributed by atoms with Crippen molar-refractivity contribution in [3.05, 3.63) is 0 Å². The van der Waals surface area contributed by atoms with Crippen molar-refractivity contribution in [1.29, 1.82) is 0 Å². The number of rotatable bonds is 1. The summed E-state index contributed by atoms with van der Waals surface area (Å²) in [7, 11) is 3.62. The molecule has 1 saturated heterocycles. The first-order valence-corrected chi connectivity index (χ1v) is 5.65. The first-order valence-electron chi connectivity index (χ1n) is 5.65. The van der Waals surface area contributed by atoms with Crippen molar-refractivity contribution < 1.29 is 4.79 Å². The highest BCUT2D eigenvalue weighted by Crippen LogP contribution is 2.13. The molecule has 15 heavy (non-hydrogen) atoms. The second-order valence-corrected chi connectivity index (χ2v) is 4.81. The number of hydrogen-bond donors (Lipinski definition) is 0. The molecule has 0 aromatic rings. The third-order valence-corrected chi connectivity index (χ3v) is 3.02. The van der Waals surface area contributed by atoms with Gasteiger partial charge in [-0.1, -0.05) is 0 Å². The van der Waals surface area contributed by atoms with E-state index in [0.717, 1.165) is 19.6 Å². The van der Waals surface area contributed by atoms with Gasteiger partial charge in [0.2, 0.25) is 0 Å². The van der Waals surface area contributed by atoms with Crippen molar-refractivity contribution in [3.8, 4) is 0 Å². The zero-order chi connectivity index (χ0) is 11.6. The van der Waals surface area contributed by atoms with Crippen LogP contribution in [0.3, 0.4) is 0 Å². The van der Waals surface area contributed by atoms with E-state index in [1.54, 1.807) is 4.90 Å². The maximum absolute atomic E-state index is 11.8. The van der Waals surface area contributed by atoms with Crippen LogP contribution in [0.4, 0.5) is 4.79 Å². The molecule has 0 radical (unpaired) electrons. The molecular weight excluding hydrogens is 190 g/mol. The van der Waals surface area contributed by atoms with Gasteiger partial charge in [-0.3, -0.25) is 4.90 Å². The second kappa shape index (κ2) is 4.84. The minimum Gasteiger partial charge on any atom is -0.331 e. The fourth-order valence-corrected chi connectivity index (χ4v) is 2.00. The second-order valence-electron chi connectivity index (χ2n) is 4.81. The lowest BCUT2D eigenvalue weighted by Crippen LogP contribution is -2.57. The van der Waals surface area contributed by atoms with Crippen molar-refractivity contribution in [1.82, 2.24) is 14.7 Å². The molecule has 1 aliphatic heterocycles. The Balaban J connectivity index is 2.56. The Morgan fingerprint density at radius 3 is 2.33 bits per heavy atom. The molecule has 1 fully saturated rings. The summed E-state index contributed by atoms with van der Waals surface area (Å²) in [5, 5.41) is 0. The summed E-state index contributed by atoms with van der Waals surface area (Å²) in [5.74, 6) is 0. The number of nitrogens with zero attached hydrogens (tertiary/aromatic N) is 3. The summed E-state index contributed by atoms with van der Waals surface area (Å²) in [6.45, 7) is 9.34. The Morgan fingerprint density at radius 2 is 1.93 bits per heavy atom. The lowest BCUT2D eigenvalue weighted by atomic mass is 10.1. The van der Waals surface area contributed by atoms with Gasteiger partial charge in [0.15, 0.2) is 0 Å². The molecule has 0 bridgehead atoms. The van der Waals surface area contributed by atoms with E-state index in [0.29, 0.717) is 12.1 Å². The van der Waals surface area contributed by atoms with Gasteiger partial charge in [-0.25, -0.2) is 4.79 Å². The molecule has 0 N–H and O–H groups in total. The van der Waals surface area contributed by atoms with Gasteiger partial charge in [0, 0.05) is 45.8 Å². The van der Waals surface area contributed by atoms with Crippen molar-refractivity contribution in [2.24, 2.45) is 0 Å². The molecule has 1 heterocycles. The average molecular weight is 213 g/mol. The molecule has 2 amide bonds. The molecule has 0 unspecified atom stereocenters. The summed E-state index contributed by atoms with van der Waals surface area (Å²) in [5.41, 5.74) is 0. The maximum Gasteiger partial charge on any atom is 0.319 e. The van der Waals surface area contributed by atoms with E-state index in [2.05, 4.69) is 25.7 Å². The van der Waals surface area contributed by atoms with E-state index in [9.17, 15) is 4.79 Å². The van der Waals surface area contributed by atoms with E-state index in [1.165, 1.54) is 0 Å². The standard InChI is InChI=1S/C11H23N3O/c1-9(2)13-6-7-14(10(3)8-13)11(15)12(4)5/h9-10H,6-8H2,1-5H3/t10-/m1/s1. The number of carbonyl (C=O) groups excluding carboxylic acids is 1. The smallest absolute Gasteiger partial charge is 0.319 e. The summed E-state index contributed by atoms with van der Waals surface area (Å²) in [6, 6.07) is 1.02. The van der Waals surface area contributed by atoms with Crippen LogP contribution in [0.2, 0.25) is 0 Å². The van der Waals surface area contributed by atoms with Crippen LogP contribution in [0, 0.1) is 0 Å². The van der Waals surface area contributed by atoms with Crippen molar-refractivity contribution in [3.63, 3.8) is 0 Å². The van der Waals surface area contributed by atoms with Crippen LogP contribution in [0.25, 0.3) is 0 Å². The highest BCUT2D eigenvalue weighted by Gasteiger charge is 2.28. The van der Waals surface area contributed by atoms with E-state index >= 15 is 0 Å². The van der Waals surface area contributed by atoms with Gasteiger partial charge in [-0.15, -0.1) is 0 Å². The molecule has 0 aromatic heterocycles. The zero-order valence-electron chi connectivity index (χ0n) is 10.5. The number of urea groups is 1. The van der Waals surface area contributed by atoms with Crippen LogP contribution in [0.5, 0.6) is 0 Å². The predicted molar refractivity (Wildman–Crippen MR) is 62.0 cm³/mol. The van der Waals surface area contributed by atoms with Gasteiger partial charge in [0.25, 0.3) is 0 Å². The fourth-order valence-electron chi connectivity index (χ4n) is 2.00. The lowest BCUT2D eigenvalue weighted by molar-refractivity contribution is 0.0731.